The van der Waals surface area contributed by atoms with E-state index < -0.39 is 0 Å². The number of hydrogen-bond donors (Lipinski definition) is 2. The van der Waals surface area contributed by atoms with Crippen molar-refractivity contribution in [1.29, 1.82) is 0 Å². The zero-order valence-corrected chi connectivity index (χ0v) is 20.6. The first kappa shape index (κ1) is 25.2. The van der Waals surface area contributed by atoms with Gasteiger partial charge in [-0.2, -0.15) is 0 Å². The van der Waals surface area contributed by atoms with Crippen LogP contribution in [0, 0.1) is 0 Å². The van der Waals surface area contributed by atoms with E-state index >= 15 is 0 Å². The van der Waals surface area contributed by atoms with E-state index in [2.05, 4.69) is 72.6 Å². The molecule has 2 aromatic rings. The molecule has 0 bridgehead atoms. The van der Waals surface area contributed by atoms with Gasteiger partial charge in [0.25, 0.3) is 0 Å². The second-order valence-electron chi connectivity index (χ2n) is 7.61. The second kappa shape index (κ2) is 12.7. The lowest BCUT2D eigenvalue weighted by Gasteiger charge is -2.20. The van der Waals surface area contributed by atoms with Gasteiger partial charge in [0.1, 0.15) is 24.5 Å². The summed E-state index contributed by atoms with van der Waals surface area (Å²) in [5, 5.41) is 14.6. The summed E-state index contributed by atoms with van der Waals surface area (Å²) < 4.78 is 7.94. The van der Waals surface area contributed by atoms with Crippen LogP contribution in [0.4, 0.5) is 0 Å². The zero-order chi connectivity index (χ0) is 20.4. The molecular weight excluding hydrogens is 479 g/mol. The number of halogens is 1. The maximum atomic E-state index is 5.90. The molecule has 2 rings (SSSR count). The molecule has 0 atom stereocenters. The summed E-state index contributed by atoms with van der Waals surface area (Å²) in [5.74, 6) is 2.68. The molecule has 1 aromatic heterocycles. The molecule has 1 heterocycles. The van der Waals surface area contributed by atoms with E-state index in [9.17, 15) is 0 Å². The smallest absolute Gasteiger partial charge is 0.191 e. The van der Waals surface area contributed by atoms with Gasteiger partial charge in [0.15, 0.2) is 5.96 Å². The topological polar surface area (TPSA) is 76.4 Å². The van der Waals surface area contributed by atoms with Gasteiger partial charge in [-0.3, -0.25) is 4.99 Å². The van der Waals surface area contributed by atoms with Gasteiger partial charge >= 0.3 is 0 Å². The lowest BCUT2D eigenvalue weighted by atomic mass is 9.87. The summed E-state index contributed by atoms with van der Waals surface area (Å²) in [7, 11) is 0. The Labute approximate surface area is 191 Å². The highest BCUT2D eigenvalue weighted by Gasteiger charge is 2.13. The van der Waals surface area contributed by atoms with Gasteiger partial charge in [-0.15, -0.1) is 34.2 Å². The molecule has 8 heteroatoms. The molecular formula is C21H35IN6O. The third-order valence-electron chi connectivity index (χ3n) is 4.33. The van der Waals surface area contributed by atoms with Gasteiger partial charge in [0.05, 0.1) is 13.1 Å². The number of guanidine groups is 1. The number of nitrogens with zero attached hydrogens (tertiary/aromatic N) is 4. The van der Waals surface area contributed by atoms with E-state index in [-0.39, 0.29) is 29.4 Å². The third-order valence-corrected chi connectivity index (χ3v) is 4.33. The molecule has 0 aliphatic heterocycles. The van der Waals surface area contributed by atoms with E-state index in [1.807, 2.05) is 16.7 Å². The van der Waals surface area contributed by atoms with Crippen molar-refractivity contribution in [3.05, 3.63) is 42.0 Å². The van der Waals surface area contributed by atoms with Crippen molar-refractivity contribution in [2.24, 2.45) is 4.99 Å². The summed E-state index contributed by atoms with van der Waals surface area (Å²) in [5.41, 5.74) is 1.39. The molecule has 0 spiro atoms. The first-order chi connectivity index (χ1) is 13.4. The predicted octanol–water partition coefficient (Wildman–Crippen LogP) is 3.39. The van der Waals surface area contributed by atoms with Gasteiger partial charge in [0.2, 0.25) is 0 Å². The van der Waals surface area contributed by atoms with Gasteiger partial charge in [0, 0.05) is 19.5 Å². The molecule has 0 radical (unpaired) electrons. The van der Waals surface area contributed by atoms with Crippen LogP contribution >= 0.6 is 24.0 Å². The van der Waals surface area contributed by atoms with Crippen molar-refractivity contribution in [3.63, 3.8) is 0 Å². The van der Waals surface area contributed by atoms with E-state index in [0.717, 1.165) is 37.0 Å². The maximum absolute atomic E-state index is 5.90. The molecule has 1 aromatic carbocycles. The number of aromatic nitrogens is 3. The SMILES string of the molecule is CCNC(=NCCn1cnnc1CC)NCCOc1cccc(C(C)(C)C)c1.I. The summed E-state index contributed by atoms with van der Waals surface area (Å²) >= 11 is 0. The Kier molecular flexibility index (Phi) is 11.0. The highest BCUT2D eigenvalue weighted by molar-refractivity contribution is 14.0. The molecule has 29 heavy (non-hydrogen) atoms. The molecule has 0 aliphatic carbocycles. The summed E-state index contributed by atoms with van der Waals surface area (Å²) in [6.45, 7) is 14.2. The van der Waals surface area contributed by atoms with E-state index in [0.29, 0.717) is 19.7 Å². The minimum Gasteiger partial charge on any atom is -0.492 e. The number of ether oxygens (including phenoxy) is 1. The Morgan fingerprint density at radius 2 is 2.00 bits per heavy atom. The largest absolute Gasteiger partial charge is 0.492 e. The molecule has 162 valence electrons. The van der Waals surface area contributed by atoms with Crippen LogP contribution in [0.5, 0.6) is 5.75 Å². The van der Waals surface area contributed by atoms with Gasteiger partial charge in [-0.05, 0) is 30.0 Å². The van der Waals surface area contributed by atoms with Crippen LogP contribution in [0.2, 0.25) is 0 Å². The van der Waals surface area contributed by atoms with Crippen LogP contribution in [0.15, 0.2) is 35.6 Å². The Morgan fingerprint density at radius 3 is 2.69 bits per heavy atom. The molecule has 0 aliphatic rings. The number of benzene rings is 1. The zero-order valence-electron chi connectivity index (χ0n) is 18.2. The fraction of sp³-hybridized carbons (Fsp3) is 0.571. The van der Waals surface area contributed by atoms with E-state index in [4.69, 9.17) is 4.74 Å². The molecule has 0 saturated carbocycles. The number of rotatable bonds is 9. The maximum Gasteiger partial charge on any atom is 0.191 e. The van der Waals surface area contributed by atoms with Gasteiger partial charge in [-0.1, -0.05) is 39.8 Å². The van der Waals surface area contributed by atoms with Crippen molar-refractivity contribution in [2.45, 2.75) is 53.0 Å². The van der Waals surface area contributed by atoms with E-state index in [1.54, 1.807) is 6.33 Å². The van der Waals surface area contributed by atoms with Crippen LogP contribution in [0.3, 0.4) is 0 Å². The molecule has 0 unspecified atom stereocenters. The van der Waals surface area contributed by atoms with Crippen LogP contribution in [-0.2, 0) is 18.4 Å². The summed E-state index contributed by atoms with van der Waals surface area (Å²) in [4.78, 5) is 4.62. The van der Waals surface area contributed by atoms with Crippen molar-refractivity contribution in [2.75, 3.05) is 26.2 Å². The van der Waals surface area contributed by atoms with Crippen LogP contribution in [0.1, 0.15) is 46.0 Å². The molecule has 0 amide bonds. The summed E-state index contributed by atoms with van der Waals surface area (Å²) in [6, 6.07) is 8.30. The average molecular weight is 514 g/mol. The third kappa shape index (κ3) is 8.59. The highest BCUT2D eigenvalue weighted by atomic mass is 127. The number of nitrogens with one attached hydrogen (secondary N) is 2. The minimum absolute atomic E-state index is 0. The first-order valence-electron chi connectivity index (χ1n) is 10.1. The number of hydrogen-bond acceptors (Lipinski definition) is 4. The lowest BCUT2D eigenvalue weighted by molar-refractivity contribution is 0.321. The Bertz CT molecular complexity index is 754. The van der Waals surface area contributed by atoms with Crippen LogP contribution in [0.25, 0.3) is 0 Å². The van der Waals surface area contributed by atoms with Crippen LogP contribution in [-0.4, -0.2) is 47.0 Å². The molecule has 0 fully saturated rings. The van der Waals surface area contributed by atoms with Crippen LogP contribution < -0.4 is 15.4 Å². The fourth-order valence-electron chi connectivity index (χ4n) is 2.74. The van der Waals surface area contributed by atoms with Crippen molar-refractivity contribution in [1.82, 2.24) is 25.4 Å². The normalized spacial score (nSPS) is 11.7. The second-order valence-corrected chi connectivity index (χ2v) is 7.61. The minimum atomic E-state index is 0. The van der Waals surface area contributed by atoms with E-state index in [1.165, 1.54) is 5.56 Å². The highest BCUT2D eigenvalue weighted by Crippen LogP contribution is 2.25. The Balaban J connectivity index is 0.00000420. The standard InChI is InChI=1S/C21H34N6O.HI/c1-6-19-26-25-16-27(19)13-11-23-20(22-7-2)24-12-14-28-18-10-8-9-17(15-18)21(3,4)5;/h8-10,15-16H,6-7,11-14H2,1-5H3,(H2,22,23,24);1H. The molecule has 7 nitrogen and oxygen atoms in total. The lowest BCUT2D eigenvalue weighted by Crippen LogP contribution is -2.39. The van der Waals surface area contributed by atoms with Crippen molar-refractivity contribution in [3.8, 4) is 5.75 Å². The number of aliphatic imine (C=N–C) groups is 1. The monoisotopic (exact) mass is 514 g/mol. The molecule has 2 N–H and O–H groups in total. The average Bonchev–Trinajstić information content (AvgIpc) is 3.12. The first-order valence-corrected chi connectivity index (χ1v) is 10.1. The fourth-order valence-corrected chi connectivity index (χ4v) is 2.74. The van der Waals surface area contributed by atoms with Gasteiger partial charge < -0.3 is 19.9 Å². The van der Waals surface area contributed by atoms with Crippen molar-refractivity contribution < 1.29 is 4.74 Å². The predicted molar refractivity (Wildman–Crippen MR) is 129 cm³/mol. The quantitative estimate of drug-likeness (QED) is 0.232. The Morgan fingerprint density at radius 1 is 1.21 bits per heavy atom. The molecule has 0 saturated heterocycles. The van der Waals surface area contributed by atoms with Crippen molar-refractivity contribution >= 4 is 29.9 Å². The van der Waals surface area contributed by atoms with Gasteiger partial charge in [-0.25, -0.2) is 0 Å². The number of aryl methyl sites for hydroxylation is 1. The Hall–Kier alpha value is -1.84. The summed E-state index contributed by atoms with van der Waals surface area (Å²) in [6.07, 6.45) is 2.63.